The van der Waals surface area contributed by atoms with Crippen molar-refractivity contribution in [1.29, 1.82) is 0 Å². The summed E-state index contributed by atoms with van der Waals surface area (Å²) >= 11 is 5.41. The second-order valence-electron chi connectivity index (χ2n) is 3.25. The van der Waals surface area contributed by atoms with E-state index in [0.29, 0.717) is 6.61 Å². The van der Waals surface area contributed by atoms with Crippen LogP contribution in [0.1, 0.15) is 11.1 Å². The van der Waals surface area contributed by atoms with Crippen LogP contribution in [0.3, 0.4) is 0 Å². The molecule has 0 radical (unpaired) electrons. The molecule has 2 nitrogen and oxygen atoms in total. The Morgan fingerprint density at radius 3 is 2.93 bits per heavy atom. The van der Waals surface area contributed by atoms with Crippen molar-refractivity contribution in [3.05, 3.63) is 47.0 Å². The van der Waals surface area contributed by atoms with Gasteiger partial charge < -0.3 is 10.1 Å². The van der Waals surface area contributed by atoms with E-state index in [0.717, 1.165) is 13.1 Å². The minimum atomic E-state index is 0.662. The molecule has 0 saturated carbocycles. The summed E-state index contributed by atoms with van der Waals surface area (Å²) < 4.78 is 5.08. The topological polar surface area (TPSA) is 21.3 Å². The number of hydrogen-bond acceptors (Lipinski definition) is 2. The molecule has 0 heterocycles. The molecular weight excluding hydrogens is 210 g/mol. The molecule has 0 bridgehead atoms. The monoisotopic (exact) mass is 225 g/mol. The fraction of sp³-hybridized carbons (Fsp3) is 0.333. The summed E-state index contributed by atoms with van der Waals surface area (Å²) in [6.07, 6.45) is 1.88. The first-order valence-corrected chi connectivity index (χ1v) is 5.33. The highest BCUT2D eigenvalue weighted by atomic mass is 35.5. The van der Waals surface area contributed by atoms with Gasteiger partial charge in [-0.3, -0.25) is 0 Å². The van der Waals surface area contributed by atoms with E-state index in [1.54, 1.807) is 7.11 Å². The Balaban J connectivity index is 2.42. The van der Waals surface area contributed by atoms with Crippen molar-refractivity contribution >= 4 is 11.6 Å². The van der Waals surface area contributed by atoms with E-state index in [9.17, 15) is 0 Å². The van der Waals surface area contributed by atoms with Gasteiger partial charge in [0, 0.05) is 25.7 Å². The molecule has 1 N–H and O–H groups in total. The lowest BCUT2D eigenvalue weighted by molar-refractivity contribution is 0.185. The number of ether oxygens (including phenoxy) is 1. The van der Waals surface area contributed by atoms with Crippen molar-refractivity contribution in [3.63, 3.8) is 0 Å². The molecule has 0 aliphatic carbocycles. The molecule has 0 unspecified atom stereocenters. The summed E-state index contributed by atoms with van der Waals surface area (Å²) in [5.74, 6) is 0. The minimum Gasteiger partial charge on any atom is -0.380 e. The quantitative estimate of drug-likeness (QED) is 0.752. The number of rotatable bonds is 6. The first-order valence-electron chi connectivity index (χ1n) is 4.89. The fourth-order valence-electron chi connectivity index (χ4n) is 1.34. The lowest BCUT2D eigenvalue weighted by Crippen LogP contribution is -2.12. The molecule has 0 aliphatic rings. The summed E-state index contributed by atoms with van der Waals surface area (Å²) in [5, 5.41) is 3.26. The van der Waals surface area contributed by atoms with Gasteiger partial charge in [0.05, 0.1) is 6.61 Å². The average molecular weight is 226 g/mol. The lowest BCUT2D eigenvalue weighted by Gasteiger charge is -2.05. The van der Waals surface area contributed by atoms with Crippen molar-refractivity contribution in [2.45, 2.75) is 13.2 Å². The molecule has 82 valence electrons. The smallest absolute Gasteiger partial charge is 0.0713 e. The zero-order valence-electron chi connectivity index (χ0n) is 8.87. The molecule has 1 rings (SSSR count). The SMILES string of the molecule is COCc1cccc(CNC/C=C/Cl)c1. The zero-order valence-corrected chi connectivity index (χ0v) is 9.63. The predicted octanol–water partition coefficient (Wildman–Crippen LogP) is 2.68. The maximum atomic E-state index is 5.41. The van der Waals surface area contributed by atoms with E-state index in [1.165, 1.54) is 16.7 Å². The van der Waals surface area contributed by atoms with E-state index >= 15 is 0 Å². The van der Waals surface area contributed by atoms with Crippen LogP contribution in [0, 0.1) is 0 Å². The molecule has 0 aromatic heterocycles. The molecule has 0 atom stereocenters. The van der Waals surface area contributed by atoms with E-state index in [4.69, 9.17) is 16.3 Å². The molecule has 3 heteroatoms. The van der Waals surface area contributed by atoms with Crippen LogP contribution in [0.5, 0.6) is 0 Å². The molecule has 15 heavy (non-hydrogen) atoms. The van der Waals surface area contributed by atoms with E-state index < -0.39 is 0 Å². The van der Waals surface area contributed by atoms with E-state index in [1.807, 2.05) is 12.1 Å². The summed E-state index contributed by atoms with van der Waals surface area (Å²) in [6, 6.07) is 8.34. The highest BCUT2D eigenvalue weighted by Crippen LogP contribution is 2.05. The fourth-order valence-corrected chi connectivity index (χ4v) is 1.43. The predicted molar refractivity (Wildman–Crippen MR) is 63.9 cm³/mol. The van der Waals surface area contributed by atoms with Gasteiger partial charge in [-0.25, -0.2) is 0 Å². The van der Waals surface area contributed by atoms with Gasteiger partial charge in [0.25, 0.3) is 0 Å². The Kier molecular flexibility index (Phi) is 6.09. The highest BCUT2D eigenvalue weighted by Gasteiger charge is 1.94. The van der Waals surface area contributed by atoms with Gasteiger partial charge in [0.2, 0.25) is 0 Å². The van der Waals surface area contributed by atoms with Gasteiger partial charge in [-0.15, -0.1) is 0 Å². The first-order chi connectivity index (χ1) is 7.36. The van der Waals surface area contributed by atoms with Crippen molar-refractivity contribution < 1.29 is 4.74 Å². The maximum absolute atomic E-state index is 5.41. The number of benzene rings is 1. The third-order valence-corrected chi connectivity index (χ3v) is 2.16. The lowest BCUT2D eigenvalue weighted by atomic mass is 10.1. The second kappa shape index (κ2) is 7.46. The van der Waals surface area contributed by atoms with Gasteiger partial charge in [-0.2, -0.15) is 0 Å². The summed E-state index contributed by atoms with van der Waals surface area (Å²) in [4.78, 5) is 0. The number of nitrogens with one attached hydrogen (secondary N) is 1. The summed E-state index contributed by atoms with van der Waals surface area (Å²) in [7, 11) is 1.70. The summed E-state index contributed by atoms with van der Waals surface area (Å²) in [6.45, 7) is 2.30. The Hall–Kier alpha value is -0.830. The zero-order chi connectivity index (χ0) is 10.9. The Morgan fingerprint density at radius 1 is 1.40 bits per heavy atom. The van der Waals surface area contributed by atoms with E-state index in [2.05, 4.69) is 23.5 Å². The van der Waals surface area contributed by atoms with Gasteiger partial charge >= 0.3 is 0 Å². The normalized spacial score (nSPS) is 11.1. The average Bonchev–Trinajstić information content (AvgIpc) is 2.26. The van der Waals surface area contributed by atoms with Crippen molar-refractivity contribution in [3.8, 4) is 0 Å². The number of halogens is 1. The van der Waals surface area contributed by atoms with Gasteiger partial charge in [-0.05, 0) is 11.1 Å². The van der Waals surface area contributed by atoms with Crippen LogP contribution in [0.2, 0.25) is 0 Å². The van der Waals surface area contributed by atoms with Crippen LogP contribution in [0.4, 0.5) is 0 Å². The third-order valence-electron chi connectivity index (χ3n) is 1.98. The van der Waals surface area contributed by atoms with Crippen molar-refractivity contribution in [1.82, 2.24) is 5.32 Å². The molecule has 0 aliphatic heterocycles. The standard InChI is InChI=1S/C12H16ClNO/c1-15-10-12-5-2-4-11(8-12)9-14-7-3-6-13/h2-6,8,14H,7,9-10H2,1H3/b6-3+. The number of methoxy groups -OCH3 is 1. The molecule has 1 aromatic rings. The second-order valence-corrected chi connectivity index (χ2v) is 3.50. The van der Waals surface area contributed by atoms with Crippen LogP contribution in [-0.2, 0) is 17.9 Å². The maximum Gasteiger partial charge on any atom is 0.0713 e. The Morgan fingerprint density at radius 2 is 2.20 bits per heavy atom. The molecule has 0 amide bonds. The van der Waals surface area contributed by atoms with Crippen molar-refractivity contribution in [2.75, 3.05) is 13.7 Å². The summed E-state index contributed by atoms with van der Waals surface area (Å²) in [5.41, 5.74) is 3.98. The van der Waals surface area contributed by atoms with Crippen LogP contribution >= 0.6 is 11.6 Å². The number of hydrogen-bond donors (Lipinski definition) is 1. The minimum absolute atomic E-state index is 0.662. The first kappa shape index (κ1) is 12.2. The van der Waals surface area contributed by atoms with Gasteiger partial charge in [0.15, 0.2) is 0 Å². The molecule has 0 fully saturated rings. The highest BCUT2D eigenvalue weighted by molar-refractivity contribution is 6.25. The van der Waals surface area contributed by atoms with Crippen LogP contribution in [-0.4, -0.2) is 13.7 Å². The van der Waals surface area contributed by atoms with Crippen molar-refractivity contribution in [2.24, 2.45) is 0 Å². The van der Waals surface area contributed by atoms with Gasteiger partial charge in [-0.1, -0.05) is 41.9 Å². The molecule has 0 spiro atoms. The molecule has 1 aromatic carbocycles. The van der Waals surface area contributed by atoms with Crippen LogP contribution in [0.15, 0.2) is 35.9 Å². The molecule has 0 saturated heterocycles. The molecular formula is C12H16ClNO. The van der Waals surface area contributed by atoms with Crippen LogP contribution in [0.25, 0.3) is 0 Å². The Bertz CT molecular complexity index is 312. The van der Waals surface area contributed by atoms with Crippen LogP contribution < -0.4 is 5.32 Å². The van der Waals surface area contributed by atoms with E-state index in [-0.39, 0.29) is 0 Å². The third kappa shape index (κ3) is 4.98. The Labute approximate surface area is 95.9 Å². The largest absolute Gasteiger partial charge is 0.380 e. The van der Waals surface area contributed by atoms with Gasteiger partial charge in [0.1, 0.15) is 0 Å².